The molecule has 0 saturated heterocycles. The molecule has 6 nitrogen and oxygen atoms in total. The molecule has 0 unspecified atom stereocenters. The molecule has 0 atom stereocenters. The highest BCUT2D eigenvalue weighted by atomic mass is 35.5. The van der Waals surface area contributed by atoms with Gasteiger partial charge in [0.05, 0.1) is 11.6 Å². The lowest BCUT2D eigenvalue weighted by Crippen LogP contribution is -2.15. The van der Waals surface area contributed by atoms with Crippen LogP contribution in [0, 0.1) is 11.3 Å². The van der Waals surface area contributed by atoms with E-state index in [4.69, 9.17) is 16.9 Å². The van der Waals surface area contributed by atoms with Crippen LogP contribution >= 0.6 is 11.6 Å². The molecule has 2 aromatic rings. The van der Waals surface area contributed by atoms with Crippen LogP contribution in [0.4, 0.5) is 11.9 Å². The van der Waals surface area contributed by atoms with E-state index in [0.717, 1.165) is 5.56 Å². The van der Waals surface area contributed by atoms with Crippen LogP contribution in [-0.2, 0) is 6.54 Å². The van der Waals surface area contributed by atoms with Gasteiger partial charge in [0.25, 0.3) is 0 Å². The second kappa shape index (κ2) is 6.17. The maximum atomic E-state index is 8.74. The average molecular weight is 289 g/mol. The van der Waals surface area contributed by atoms with Crippen molar-refractivity contribution in [2.75, 3.05) is 24.3 Å². The largest absolute Gasteiger partial charge is 0.350 e. The third kappa shape index (κ3) is 3.56. The van der Waals surface area contributed by atoms with Crippen molar-refractivity contribution in [3.63, 3.8) is 0 Å². The Kier molecular flexibility index (Phi) is 4.33. The fraction of sp³-hybridized carbons (Fsp3) is 0.231. The Hall–Kier alpha value is -2.39. The molecule has 0 spiro atoms. The summed E-state index contributed by atoms with van der Waals surface area (Å²) in [5, 5.41) is 12.0. The molecule has 1 aromatic carbocycles. The van der Waals surface area contributed by atoms with Gasteiger partial charge in [-0.25, -0.2) is 0 Å². The number of hydrogen-bond donors (Lipinski definition) is 1. The van der Waals surface area contributed by atoms with Crippen LogP contribution in [-0.4, -0.2) is 29.0 Å². The number of rotatable bonds is 4. The van der Waals surface area contributed by atoms with Gasteiger partial charge in [-0.1, -0.05) is 12.1 Å². The van der Waals surface area contributed by atoms with Gasteiger partial charge in [0.15, 0.2) is 0 Å². The lowest BCUT2D eigenvalue weighted by atomic mass is 10.1. The molecule has 0 aliphatic heterocycles. The molecule has 102 valence electrons. The molecule has 1 N–H and O–H groups in total. The van der Waals surface area contributed by atoms with Crippen molar-refractivity contribution < 1.29 is 0 Å². The number of aromatic nitrogens is 3. The first kappa shape index (κ1) is 14.0. The quantitative estimate of drug-likeness (QED) is 0.928. The van der Waals surface area contributed by atoms with Gasteiger partial charge in [0.2, 0.25) is 17.2 Å². The summed E-state index contributed by atoms with van der Waals surface area (Å²) in [5.74, 6) is 0.908. The number of nitrogens with zero attached hydrogens (tertiary/aromatic N) is 5. The van der Waals surface area contributed by atoms with Crippen molar-refractivity contribution in [1.29, 1.82) is 5.26 Å². The molecule has 20 heavy (non-hydrogen) atoms. The minimum absolute atomic E-state index is 0.144. The van der Waals surface area contributed by atoms with E-state index < -0.39 is 0 Å². The van der Waals surface area contributed by atoms with Gasteiger partial charge in [-0.2, -0.15) is 20.2 Å². The summed E-state index contributed by atoms with van der Waals surface area (Å²) in [7, 11) is 3.66. The van der Waals surface area contributed by atoms with E-state index in [9.17, 15) is 0 Å². The molecule has 0 aliphatic rings. The van der Waals surface area contributed by atoms with E-state index in [1.165, 1.54) is 0 Å². The van der Waals surface area contributed by atoms with Crippen LogP contribution in [0.5, 0.6) is 0 Å². The molecule has 0 saturated carbocycles. The summed E-state index contributed by atoms with van der Waals surface area (Å²) in [6.45, 7) is 0.541. The van der Waals surface area contributed by atoms with Crippen molar-refractivity contribution >= 4 is 23.5 Å². The molecule has 1 heterocycles. The highest BCUT2D eigenvalue weighted by Crippen LogP contribution is 2.12. The zero-order chi connectivity index (χ0) is 14.5. The molecule has 0 amide bonds. The van der Waals surface area contributed by atoms with E-state index in [-0.39, 0.29) is 5.28 Å². The Morgan fingerprint density at radius 2 is 1.90 bits per heavy atom. The molecule has 7 heteroatoms. The van der Waals surface area contributed by atoms with Crippen LogP contribution in [0.15, 0.2) is 24.3 Å². The van der Waals surface area contributed by atoms with Gasteiger partial charge in [-0.3, -0.25) is 0 Å². The van der Waals surface area contributed by atoms with Crippen molar-refractivity contribution in [1.82, 2.24) is 15.0 Å². The van der Waals surface area contributed by atoms with Crippen molar-refractivity contribution in [2.24, 2.45) is 0 Å². The van der Waals surface area contributed by atoms with Crippen LogP contribution in [0.2, 0.25) is 5.28 Å². The smallest absolute Gasteiger partial charge is 0.230 e. The van der Waals surface area contributed by atoms with Gasteiger partial charge in [-0.05, 0) is 29.3 Å². The second-order valence-corrected chi connectivity index (χ2v) is 4.62. The topological polar surface area (TPSA) is 77.7 Å². The number of halogens is 1. The van der Waals surface area contributed by atoms with Crippen LogP contribution in [0.25, 0.3) is 0 Å². The Bertz CT molecular complexity index is 632. The number of nitriles is 1. The lowest BCUT2D eigenvalue weighted by Gasteiger charge is -2.11. The van der Waals surface area contributed by atoms with E-state index in [2.05, 4.69) is 26.3 Å². The average Bonchev–Trinajstić information content (AvgIpc) is 2.45. The SMILES string of the molecule is CN(C)c1nc(Cl)nc(NCc2ccc(C#N)cc2)n1. The maximum Gasteiger partial charge on any atom is 0.230 e. The molecular weight excluding hydrogens is 276 g/mol. The fourth-order valence-electron chi connectivity index (χ4n) is 1.50. The first-order valence-corrected chi connectivity index (χ1v) is 6.28. The lowest BCUT2D eigenvalue weighted by molar-refractivity contribution is 0.942. The van der Waals surface area contributed by atoms with Gasteiger partial charge >= 0.3 is 0 Å². The van der Waals surface area contributed by atoms with Crippen LogP contribution in [0.3, 0.4) is 0 Å². The van der Waals surface area contributed by atoms with Gasteiger partial charge in [0.1, 0.15) is 0 Å². The molecule has 1 aromatic heterocycles. The van der Waals surface area contributed by atoms with Crippen LogP contribution < -0.4 is 10.2 Å². The first-order chi connectivity index (χ1) is 9.58. The fourth-order valence-corrected chi connectivity index (χ4v) is 1.65. The van der Waals surface area contributed by atoms with Gasteiger partial charge < -0.3 is 10.2 Å². The zero-order valence-corrected chi connectivity index (χ0v) is 11.9. The molecule has 0 radical (unpaired) electrons. The monoisotopic (exact) mass is 288 g/mol. The Morgan fingerprint density at radius 3 is 2.50 bits per heavy atom. The van der Waals surface area contributed by atoms with Crippen molar-refractivity contribution in [2.45, 2.75) is 6.54 Å². The predicted octanol–water partition coefficient (Wildman–Crippen LogP) is 2.07. The molecule has 0 fully saturated rings. The van der Waals surface area contributed by atoms with Gasteiger partial charge in [0, 0.05) is 20.6 Å². The number of nitrogens with one attached hydrogen (secondary N) is 1. The Balaban J connectivity index is 2.08. The second-order valence-electron chi connectivity index (χ2n) is 4.28. The van der Waals surface area contributed by atoms with Crippen molar-refractivity contribution in [3.05, 3.63) is 40.7 Å². The van der Waals surface area contributed by atoms with E-state index >= 15 is 0 Å². The Morgan fingerprint density at radius 1 is 1.20 bits per heavy atom. The van der Waals surface area contributed by atoms with E-state index in [1.807, 2.05) is 26.2 Å². The molecule has 0 aliphatic carbocycles. The summed E-state index contributed by atoms with van der Waals surface area (Å²) in [6.07, 6.45) is 0. The molecule has 2 rings (SSSR count). The third-order valence-corrected chi connectivity index (χ3v) is 2.70. The zero-order valence-electron chi connectivity index (χ0n) is 11.1. The minimum Gasteiger partial charge on any atom is -0.350 e. The van der Waals surface area contributed by atoms with Crippen molar-refractivity contribution in [3.8, 4) is 6.07 Å². The standard InChI is InChI=1S/C13H13ClN6/c1-20(2)13-18-11(14)17-12(19-13)16-8-10-5-3-9(7-15)4-6-10/h3-6H,8H2,1-2H3,(H,16,17,18,19). The summed E-state index contributed by atoms with van der Waals surface area (Å²) >= 11 is 5.85. The van der Waals surface area contributed by atoms with Crippen LogP contribution in [0.1, 0.15) is 11.1 Å². The summed E-state index contributed by atoms with van der Waals surface area (Å²) in [5.41, 5.74) is 1.65. The number of hydrogen-bond acceptors (Lipinski definition) is 6. The van der Waals surface area contributed by atoms with Gasteiger partial charge in [-0.15, -0.1) is 0 Å². The van der Waals surface area contributed by atoms with E-state index in [0.29, 0.717) is 24.0 Å². The van der Waals surface area contributed by atoms with E-state index in [1.54, 1.807) is 17.0 Å². The maximum absolute atomic E-state index is 8.74. The molecular formula is C13H13ClN6. The third-order valence-electron chi connectivity index (χ3n) is 2.53. The first-order valence-electron chi connectivity index (χ1n) is 5.90. The number of anilines is 2. The molecule has 0 bridgehead atoms. The highest BCUT2D eigenvalue weighted by Gasteiger charge is 2.06. The normalized spacial score (nSPS) is 9.90. The summed E-state index contributed by atoms with van der Waals surface area (Å²) in [4.78, 5) is 14.0. The minimum atomic E-state index is 0.144. The summed E-state index contributed by atoms with van der Waals surface area (Å²) in [6, 6.07) is 9.36. The Labute approximate surface area is 122 Å². The summed E-state index contributed by atoms with van der Waals surface area (Å²) < 4.78 is 0. The number of benzene rings is 1. The highest BCUT2D eigenvalue weighted by molar-refractivity contribution is 6.28. The predicted molar refractivity (Wildman–Crippen MR) is 77.6 cm³/mol.